The Hall–Kier alpha value is -0.770. The van der Waals surface area contributed by atoms with Crippen LogP contribution in [0.2, 0.25) is 5.02 Å². The van der Waals surface area contributed by atoms with Crippen LogP contribution in [0.5, 0.6) is 0 Å². The third kappa shape index (κ3) is 4.68. The lowest BCUT2D eigenvalue weighted by molar-refractivity contribution is -0.116. The van der Waals surface area contributed by atoms with Gasteiger partial charge in [0.25, 0.3) is 0 Å². The van der Waals surface area contributed by atoms with E-state index < -0.39 is 0 Å². The Morgan fingerprint density at radius 1 is 1.53 bits per heavy atom. The molecule has 1 heterocycles. The Labute approximate surface area is 125 Å². The average molecular weight is 303 g/mol. The molecule has 1 fully saturated rings. The van der Waals surface area contributed by atoms with Crippen molar-refractivity contribution < 1.29 is 4.79 Å². The third-order valence-electron chi connectivity index (χ3n) is 3.48. The highest BCUT2D eigenvalue weighted by Crippen LogP contribution is 2.23. The molecule has 5 heteroatoms. The number of hydrogen-bond acceptors (Lipinski definition) is 2. The first kappa shape index (κ1) is 16.3. The third-order valence-corrected chi connectivity index (χ3v) is 3.89. The molecule has 2 rings (SSSR count). The van der Waals surface area contributed by atoms with Gasteiger partial charge in [0.1, 0.15) is 0 Å². The van der Waals surface area contributed by atoms with Gasteiger partial charge in [-0.05, 0) is 56.5 Å². The number of carbonyl (C=O) groups excluding carboxylic acids is 1. The van der Waals surface area contributed by atoms with E-state index >= 15 is 0 Å². The van der Waals surface area contributed by atoms with Crippen LogP contribution in [-0.4, -0.2) is 19.0 Å². The van der Waals surface area contributed by atoms with Crippen LogP contribution < -0.4 is 10.6 Å². The van der Waals surface area contributed by atoms with Crippen LogP contribution in [0.25, 0.3) is 0 Å². The Morgan fingerprint density at radius 2 is 2.32 bits per heavy atom. The van der Waals surface area contributed by atoms with Gasteiger partial charge >= 0.3 is 0 Å². The summed E-state index contributed by atoms with van der Waals surface area (Å²) in [7, 11) is 0. The predicted molar refractivity (Wildman–Crippen MR) is 82.3 cm³/mol. The minimum absolute atomic E-state index is 0. The lowest BCUT2D eigenvalue weighted by atomic mass is 10.0. The molecular weight excluding hydrogens is 283 g/mol. The van der Waals surface area contributed by atoms with E-state index in [1.54, 1.807) is 0 Å². The maximum absolute atomic E-state index is 11.9. The average Bonchev–Trinajstić information content (AvgIpc) is 2.86. The lowest BCUT2D eigenvalue weighted by Crippen LogP contribution is -2.15. The zero-order valence-corrected chi connectivity index (χ0v) is 12.6. The molecule has 1 aliphatic heterocycles. The van der Waals surface area contributed by atoms with E-state index in [0.717, 1.165) is 30.8 Å². The summed E-state index contributed by atoms with van der Waals surface area (Å²) in [5.74, 6) is 0.725. The van der Waals surface area contributed by atoms with Crippen molar-refractivity contribution in [3.8, 4) is 0 Å². The molecule has 0 bridgehead atoms. The van der Waals surface area contributed by atoms with Crippen molar-refractivity contribution in [1.29, 1.82) is 0 Å². The maximum Gasteiger partial charge on any atom is 0.224 e. The minimum atomic E-state index is 0. The zero-order chi connectivity index (χ0) is 13.0. The van der Waals surface area contributed by atoms with E-state index in [-0.39, 0.29) is 18.3 Å². The fourth-order valence-electron chi connectivity index (χ4n) is 2.25. The molecule has 1 saturated heterocycles. The van der Waals surface area contributed by atoms with Crippen molar-refractivity contribution in [2.24, 2.45) is 5.92 Å². The van der Waals surface area contributed by atoms with Crippen LogP contribution in [0.4, 0.5) is 5.69 Å². The smallest absolute Gasteiger partial charge is 0.224 e. The van der Waals surface area contributed by atoms with Gasteiger partial charge in [-0.2, -0.15) is 0 Å². The second-order valence-corrected chi connectivity index (χ2v) is 5.27. The van der Waals surface area contributed by atoms with Crippen molar-refractivity contribution in [1.82, 2.24) is 5.32 Å². The molecule has 0 spiro atoms. The van der Waals surface area contributed by atoms with Gasteiger partial charge in [-0.3, -0.25) is 4.79 Å². The van der Waals surface area contributed by atoms with Crippen molar-refractivity contribution in [3.63, 3.8) is 0 Å². The molecule has 0 saturated carbocycles. The Bertz CT molecular complexity index is 431. The molecule has 0 aliphatic carbocycles. The second-order valence-electron chi connectivity index (χ2n) is 4.86. The van der Waals surface area contributed by atoms with Gasteiger partial charge in [0, 0.05) is 17.1 Å². The largest absolute Gasteiger partial charge is 0.326 e. The summed E-state index contributed by atoms with van der Waals surface area (Å²) >= 11 is 6.02. The molecule has 1 atom stereocenters. The highest BCUT2D eigenvalue weighted by Gasteiger charge is 2.16. The Kier molecular flexibility index (Phi) is 6.63. The first-order chi connectivity index (χ1) is 8.66. The van der Waals surface area contributed by atoms with Crippen molar-refractivity contribution >= 4 is 35.6 Å². The summed E-state index contributed by atoms with van der Waals surface area (Å²) < 4.78 is 0. The summed E-state index contributed by atoms with van der Waals surface area (Å²) in [6.45, 7) is 4.04. The fourth-order valence-corrected chi connectivity index (χ4v) is 2.43. The van der Waals surface area contributed by atoms with E-state index in [1.165, 1.54) is 6.42 Å². The zero-order valence-electron chi connectivity index (χ0n) is 11.0. The van der Waals surface area contributed by atoms with Crippen LogP contribution in [0.1, 0.15) is 24.8 Å². The number of amides is 1. The van der Waals surface area contributed by atoms with Gasteiger partial charge in [-0.1, -0.05) is 17.7 Å². The van der Waals surface area contributed by atoms with Crippen LogP contribution in [0, 0.1) is 12.8 Å². The molecule has 2 N–H and O–H groups in total. The van der Waals surface area contributed by atoms with E-state index in [4.69, 9.17) is 11.6 Å². The number of benzene rings is 1. The number of nitrogens with one attached hydrogen (secondary N) is 2. The van der Waals surface area contributed by atoms with Crippen LogP contribution >= 0.6 is 24.0 Å². The summed E-state index contributed by atoms with van der Waals surface area (Å²) in [4.78, 5) is 11.9. The standard InChI is InChI=1S/C14H19ClN2O.ClH/c1-10-12(15)3-2-4-13(10)17-14(18)6-5-11-7-8-16-9-11;/h2-4,11,16H,5-9H2,1H3,(H,17,18);1H. The fraction of sp³-hybridized carbons (Fsp3) is 0.500. The van der Waals surface area contributed by atoms with Crippen molar-refractivity contribution in [3.05, 3.63) is 28.8 Å². The number of carbonyl (C=O) groups is 1. The van der Waals surface area contributed by atoms with Gasteiger partial charge in [0.15, 0.2) is 0 Å². The van der Waals surface area contributed by atoms with E-state index in [2.05, 4.69) is 10.6 Å². The second kappa shape index (κ2) is 7.73. The van der Waals surface area contributed by atoms with Gasteiger partial charge < -0.3 is 10.6 Å². The molecule has 1 unspecified atom stereocenters. The summed E-state index contributed by atoms with van der Waals surface area (Å²) in [5.41, 5.74) is 1.74. The molecule has 0 radical (unpaired) electrons. The van der Waals surface area contributed by atoms with Crippen molar-refractivity contribution in [2.75, 3.05) is 18.4 Å². The monoisotopic (exact) mass is 302 g/mol. The normalized spacial score (nSPS) is 17.9. The van der Waals surface area contributed by atoms with Crippen molar-refractivity contribution in [2.45, 2.75) is 26.2 Å². The predicted octanol–water partition coefficient (Wildman–Crippen LogP) is 3.40. The molecule has 106 valence electrons. The molecule has 1 aliphatic rings. The molecule has 0 aromatic heterocycles. The van der Waals surface area contributed by atoms with Crippen LogP contribution in [0.15, 0.2) is 18.2 Å². The van der Waals surface area contributed by atoms with E-state index in [1.807, 2.05) is 25.1 Å². The molecule has 1 aromatic rings. The molecule has 1 amide bonds. The topological polar surface area (TPSA) is 41.1 Å². The maximum atomic E-state index is 11.9. The highest BCUT2D eigenvalue weighted by atomic mass is 35.5. The molecule has 3 nitrogen and oxygen atoms in total. The number of halogens is 2. The van der Waals surface area contributed by atoms with E-state index in [0.29, 0.717) is 17.4 Å². The van der Waals surface area contributed by atoms with Crippen LogP contribution in [0.3, 0.4) is 0 Å². The minimum Gasteiger partial charge on any atom is -0.326 e. The van der Waals surface area contributed by atoms with Crippen LogP contribution in [-0.2, 0) is 4.79 Å². The first-order valence-corrected chi connectivity index (χ1v) is 6.80. The molecule has 1 aromatic carbocycles. The first-order valence-electron chi connectivity index (χ1n) is 6.42. The summed E-state index contributed by atoms with van der Waals surface area (Å²) in [6.07, 6.45) is 2.72. The number of rotatable bonds is 4. The van der Waals surface area contributed by atoms with Gasteiger partial charge in [-0.25, -0.2) is 0 Å². The Morgan fingerprint density at radius 3 is 3.00 bits per heavy atom. The summed E-state index contributed by atoms with van der Waals surface area (Å²) in [6, 6.07) is 5.57. The molecular formula is C14H20Cl2N2O. The number of hydrogen-bond donors (Lipinski definition) is 2. The Balaban J connectivity index is 0.00000180. The lowest BCUT2D eigenvalue weighted by Gasteiger charge is -2.11. The van der Waals surface area contributed by atoms with Gasteiger partial charge in [0.05, 0.1) is 0 Å². The summed E-state index contributed by atoms with van der Waals surface area (Å²) in [5, 5.41) is 6.93. The van der Waals surface area contributed by atoms with E-state index in [9.17, 15) is 4.79 Å². The highest BCUT2D eigenvalue weighted by molar-refractivity contribution is 6.31. The van der Waals surface area contributed by atoms with Gasteiger partial charge in [0.2, 0.25) is 5.91 Å². The SMILES string of the molecule is Cc1c(Cl)cccc1NC(=O)CCC1CCNC1.Cl. The molecule has 19 heavy (non-hydrogen) atoms. The quantitative estimate of drug-likeness (QED) is 0.895. The van der Waals surface area contributed by atoms with Gasteiger partial charge in [-0.15, -0.1) is 12.4 Å². The number of anilines is 1.